The minimum Gasteiger partial charge on any atom is -0.453 e. The highest BCUT2D eigenvalue weighted by Crippen LogP contribution is 2.41. The Morgan fingerprint density at radius 1 is 1.14 bits per heavy atom. The first-order valence-electron chi connectivity index (χ1n) is 7.88. The molecule has 0 bridgehead atoms. The number of non-ortho nitro benzene ring substituents is 1. The third-order valence-electron chi connectivity index (χ3n) is 3.91. The van der Waals surface area contributed by atoms with Crippen molar-refractivity contribution < 1.29 is 18.1 Å². The highest BCUT2D eigenvalue weighted by molar-refractivity contribution is 7.90. The summed E-state index contributed by atoms with van der Waals surface area (Å²) < 4.78 is 32.5. The molecule has 0 spiro atoms. The van der Waals surface area contributed by atoms with Crippen molar-refractivity contribution in [2.24, 2.45) is 7.05 Å². The summed E-state index contributed by atoms with van der Waals surface area (Å²) >= 11 is 18.4. The standard InChI is InChI=1S/C17H12Cl3N3O5S/c1-22-5-4-21-16(22)9-29(26,27)11-7-13(19)17(14(20)8-11)28-15-3-2-10(23(24)25)6-12(15)18/h2-8H,9H2,1H3. The topological polar surface area (TPSA) is 104 Å². The van der Waals surface area contributed by atoms with Gasteiger partial charge in [0.25, 0.3) is 5.69 Å². The first-order valence-corrected chi connectivity index (χ1v) is 10.7. The molecule has 0 aliphatic carbocycles. The molecule has 0 aliphatic rings. The number of benzene rings is 2. The van der Waals surface area contributed by atoms with E-state index in [-0.39, 0.29) is 42.9 Å². The molecule has 3 rings (SSSR count). The van der Waals surface area contributed by atoms with Crippen LogP contribution < -0.4 is 4.74 Å². The normalized spacial score (nSPS) is 11.4. The first-order chi connectivity index (χ1) is 13.6. The smallest absolute Gasteiger partial charge is 0.271 e. The van der Waals surface area contributed by atoms with Crippen molar-refractivity contribution in [1.29, 1.82) is 0 Å². The van der Waals surface area contributed by atoms with E-state index in [1.165, 1.54) is 30.5 Å². The Hall–Kier alpha value is -2.33. The molecule has 3 aromatic rings. The zero-order chi connectivity index (χ0) is 21.3. The van der Waals surface area contributed by atoms with E-state index in [9.17, 15) is 18.5 Å². The molecule has 12 heteroatoms. The average molecular weight is 477 g/mol. The fraction of sp³-hybridized carbons (Fsp3) is 0.118. The van der Waals surface area contributed by atoms with Crippen LogP contribution in [0.15, 0.2) is 47.6 Å². The lowest BCUT2D eigenvalue weighted by Gasteiger charge is -2.13. The van der Waals surface area contributed by atoms with Crippen LogP contribution in [0.2, 0.25) is 15.1 Å². The van der Waals surface area contributed by atoms with Crippen LogP contribution in [0.1, 0.15) is 5.82 Å². The van der Waals surface area contributed by atoms with Crippen LogP contribution in [0.25, 0.3) is 0 Å². The lowest BCUT2D eigenvalue weighted by Crippen LogP contribution is -2.09. The number of halogens is 3. The average Bonchev–Trinajstić information content (AvgIpc) is 3.03. The molecule has 1 heterocycles. The number of aromatic nitrogens is 2. The molecule has 0 fully saturated rings. The number of hydrogen-bond donors (Lipinski definition) is 0. The van der Waals surface area contributed by atoms with E-state index in [0.29, 0.717) is 5.82 Å². The van der Waals surface area contributed by atoms with E-state index in [1.807, 2.05) is 0 Å². The maximum absolute atomic E-state index is 12.7. The molecule has 0 N–H and O–H groups in total. The van der Waals surface area contributed by atoms with Gasteiger partial charge < -0.3 is 9.30 Å². The van der Waals surface area contributed by atoms with Gasteiger partial charge in [-0.15, -0.1) is 0 Å². The van der Waals surface area contributed by atoms with Crippen molar-refractivity contribution in [2.45, 2.75) is 10.6 Å². The van der Waals surface area contributed by atoms with Crippen LogP contribution >= 0.6 is 34.8 Å². The van der Waals surface area contributed by atoms with E-state index >= 15 is 0 Å². The number of nitrogens with zero attached hydrogens (tertiary/aromatic N) is 3. The summed E-state index contributed by atoms with van der Waals surface area (Å²) in [6.45, 7) is 0. The molecule has 0 atom stereocenters. The van der Waals surface area contributed by atoms with Crippen LogP contribution in [0.5, 0.6) is 11.5 Å². The number of nitro benzene ring substituents is 1. The van der Waals surface area contributed by atoms with Crippen LogP contribution in [-0.4, -0.2) is 22.9 Å². The Morgan fingerprint density at radius 2 is 1.79 bits per heavy atom. The SMILES string of the molecule is Cn1ccnc1CS(=O)(=O)c1cc(Cl)c(Oc2ccc([N+](=O)[O-])cc2Cl)c(Cl)c1. The van der Waals surface area contributed by atoms with Crippen molar-refractivity contribution in [1.82, 2.24) is 9.55 Å². The van der Waals surface area contributed by atoms with Crippen LogP contribution in [0.3, 0.4) is 0 Å². The summed E-state index contributed by atoms with van der Waals surface area (Å²) in [6, 6.07) is 6.03. The highest BCUT2D eigenvalue weighted by atomic mass is 35.5. The molecule has 0 saturated carbocycles. The van der Waals surface area contributed by atoms with Gasteiger partial charge in [-0.1, -0.05) is 34.8 Å². The molecule has 0 radical (unpaired) electrons. The fourth-order valence-electron chi connectivity index (χ4n) is 2.40. The number of sulfone groups is 1. The fourth-order valence-corrected chi connectivity index (χ4v) is 4.69. The summed E-state index contributed by atoms with van der Waals surface area (Å²) in [5.41, 5.74) is -0.213. The number of nitro groups is 1. The Balaban J connectivity index is 1.92. The zero-order valence-corrected chi connectivity index (χ0v) is 17.8. The molecule has 2 aromatic carbocycles. The van der Waals surface area contributed by atoms with Crippen LogP contribution in [0.4, 0.5) is 5.69 Å². The predicted molar refractivity (Wildman–Crippen MR) is 109 cm³/mol. The van der Waals surface area contributed by atoms with Gasteiger partial charge in [-0.2, -0.15) is 0 Å². The Bertz CT molecular complexity index is 1190. The van der Waals surface area contributed by atoms with Gasteiger partial charge in [-0.25, -0.2) is 13.4 Å². The van der Waals surface area contributed by atoms with E-state index in [1.54, 1.807) is 17.8 Å². The molecular formula is C17H12Cl3N3O5S. The van der Waals surface area contributed by atoms with Gasteiger partial charge in [0.05, 0.1) is 24.9 Å². The van der Waals surface area contributed by atoms with E-state index in [4.69, 9.17) is 39.5 Å². The number of ether oxygens (including phenoxy) is 1. The lowest BCUT2D eigenvalue weighted by atomic mass is 10.3. The van der Waals surface area contributed by atoms with E-state index in [2.05, 4.69) is 4.98 Å². The number of aryl methyl sites for hydroxylation is 1. The second-order valence-electron chi connectivity index (χ2n) is 5.90. The van der Waals surface area contributed by atoms with Crippen molar-refractivity contribution in [3.8, 4) is 11.5 Å². The molecule has 1 aromatic heterocycles. The monoisotopic (exact) mass is 475 g/mol. The molecule has 29 heavy (non-hydrogen) atoms. The summed E-state index contributed by atoms with van der Waals surface area (Å²) in [5, 5.41) is 10.6. The Morgan fingerprint density at radius 3 is 2.31 bits per heavy atom. The number of rotatable bonds is 6. The summed E-state index contributed by atoms with van der Waals surface area (Å²) in [4.78, 5) is 14.1. The van der Waals surface area contributed by atoms with E-state index in [0.717, 1.165) is 6.07 Å². The van der Waals surface area contributed by atoms with Crippen molar-refractivity contribution in [3.63, 3.8) is 0 Å². The zero-order valence-electron chi connectivity index (χ0n) is 14.7. The van der Waals surface area contributed by atoms with Gasteiger partial charge in [-0.3, -0.25) is 10.1 Å². The maximum atomic E-state index is 12.7. The summed E-state index contributed by atoms with van der Waals surface area (Å²) in [7, 11) is -2.09. The first kappa shape index (κ1) is 21.4. The third-order valence-corrected chi connectivity index (χ3v) is 6.36. The molecule has 0 unspecified atom stereocenters. The van der Waals surface area contributed by atoms with Gasteiger partial charge in [0.1, 0.15) is 17.3 Å². The molecule has 0 aliphatic heterocycles. The largest absolute Gasteiger partial charge is 0.453 e. The highest BCUT2D eigenvalue weighted by Gasteiger charge is 2.22. The van der Waals surface area contributed by atoms with Crippen LogP contribution in [0, 0.1) is 10.1 Å². The van der Waals surface area contributed by atoms with Crippen LogP contribution in [-0.2, 0) is 22.6 Å². The van der Waals surface area contributed by atoms with Gasteiger partial charge in [0.15, 0.2) is 15.6 Å². The predicted octanol–water partition coefficient (Wildman–Crippen LogP) is 5.05. The minimum atomic E-state index is -3.77. The molecule has 8 nitrogen and oxygen atoms in total. The number of imidazole rings is 1. The van der Waals surface area contributed by atoms with Gasteiger partial charge >= 0.3 is 0 Å². The molecular weight excluding hydrogens is 465 g/mol. The third kappa shape index (κ3) is 4.64. The lowest BCUT2D eigenvalue weighted by molar-refractivity contribution is -0.384. The van der Waals surface area contributed by atoms with Gasteiger partial charge in [0.2, 0.25) is 0 Å². The van der Waals surface area contributed by atoms with Crippen molar-refractivity contribution in [3.05, 3.63) is 73.7 Å². The maximum Gasteiger partial charge on any atom is 0.271 e. The Labute approximate surface area is 180 Å². The summed E-state index contributed by atoms with van der Waals surface area (Å²) in [5.74, 6) is 0.0670. The van der Waals surface area contributed by atoms with Crippen molar-refractivity contribution >= 4 is 50.3 Å². The second-order valence-corrected chi connectivity index (χ2v) is 9.11. The summed E-state index contributed by atoms with van der Waals surface area (Å²) in [6.07, 6.45) is 3.13. The van der Waals surface area contributed by atoms with E-state index < -0.39 is 14.8 Å². The minimum absolute atomic E-state index is 0.0278. The van der Waals surface area contributed by atoms with Crippen molar-refractivity contribution in [2.75, 3.05) is 0 Å². The quantitative estimate of drug-likeness (QED) is 0.364. The van der Waals surface area contributed by atoms with Gasteiger partial charge in [0, 0.05) is 31.6 Å². The second kappa shape index (κ2) is 8.19. The van der Waals surface area contributed by atoms with Gasteiger partial charge in [-0.05, 0) is 18.2 Å². The molecule has 0 saturated heterocycles. The molecule has 0 amide bonds. The number of hydrogen-bond acceptors (Lipinski definition) is 6. The molecule has 152 valence electrons. The Kier molecular flexibility index (Phi) is 6.04.